The van der Waals surface area contributed by atoms with Crippen LogP contribution in [0.1, 0.15) is 80.1 Å². The van der Waals surface area contributed by atoms with Crippen molar-refractivity contribution in [2.45, 2.75) is 85.6 Å². The van der Waals surface area contributed by atoms with Crippen molar-refractivity contribution in [1.29, 1.82) is 0 Å². The second kappa shape index (κ2) is 8.63. The van der Waals surface area contributed by atoms with Crippen LogP contribution in [0.4, 0.5) is 0 Å². The number of rotatable bonds is 9. The van der Waals surface area contributed by atoms with E-state index < -0.39 is 0 Å². The van der Waals surface area contributed by atoms with E-state index in [2.05, 4.69) is 41.5 Å². The second-order valence-electron chi connectivity index (χ2n) is 7.54. The van der Waals surface area contributed by atoms with Gasteiger partial charge < -0.3 is 11.5 Å². The van der Waals surface area contributed by atoms with Crippen molar-refractivity contribution in [2.24, 2.45) is 22.3 Å². The zero-order valence-corrected chi connectivity index (χ0v) is 15.7. The quantitative estimate of drug-likeness (QED) is 0.602. The maximum absolute atomic E-state index is 6.36. The predicted molar refractivity (Wildman–Crippen MR) is 92.9 cm³/mol. The van der Waals surface area contributed by atoms with Gasteiger partial charge in [0.15, 0.2) is 0 Å². The van der Waals surface area contributed by atoms with E-state index in [4.69, 9.17) is 11.5 Å². The van der Waals surface area contributed by atoms with E-state index >= 15 is 0 Å². The Balaban J connectivity index is 0. The molecule has 0 atom stereocenters. The van der Waals surface area contributed by atoms with Crippen LogP contribution in [-0.2, 0) is 0 Å². The molecule has 0 aliphatic carbocycles. The molecule has 0 radical (unpaired) electrons. The zero-order chi connectivity index (χ0) is 14.4. The van der Waals surface area contributed by atoms with Crippen LogP contribution < -0.4 is 11.5 Å². The Morgan fingerprint density at radius 3 is 1.58 bits per heavy atom. The molecular weight excluding hydrogens is 300 g/mol. The Hall–Kier alpha value is 0.400. The average molecular weight is 337 g/mol. The van der Waals surface area contributed by atoms with Gasteiger partial charge in [0.1, 0.15) is 0 Å². The molecule has 0 aliphatic rings. The number of hydrogen-bond acceptors (Lipinski definition) is 2. The van der Waals surface area contributed by atoms with E-state index in [9.17, 15) is 0 Å². The van der Waals surface area contributed by atoms with Gasteiger partial charge in [0.2, 0.25) is 0 Å². The maximum Gasteiger partial charge on any atom is 0.0154 e. The molecule has 0 fully saturated rings. The zero-order valence-electron chi connectivity index (χ0n) is 14.0. The minimum absolute atomic E-state index is 0. The van der Waals surface area contributed by atoms with E-state index in [0.29, 0.717) is 0 Å². The lowest BCUT2D eigenvalue weighted by Crippen LogP contribution is -2.54. The van der Waals surface area contributed by atoms with Gasteiger partial charge in [0.05, 0.1) is 0 Å². The van der Waals surface area contributed by atoms with Crippen LogP contribution >= 0.6 is 17.0 Å². The fraction of sp³-hybridized carbons (Fsp3) is 1.00. The summed E-state index contributed by atoms with van der Waals surface area (Å²) in [5, 5.41) is 0. The molecule has 0 aromatic rings. The fourth-order valence-corrected chi connectivity index (χ4v) is 2.43. The highest BCUT2D eigenvalue weighted by Crippen LogP contribution is 2.48. The Bertz CT molecular complexity index is 229. The fourth-order valence-electron chi connectivity index (χ4n) is 2.43. The summed E-state index contributed by atoms with van der Waals surface area (Å²) in [5.41, 5.74) is 12.1. The first kappa shape index (κ1) is 21.7. The normalized spacial score (nSPS) is 13.3. The molecule has 0 saturated heterocycles. The van der Waals surface area contributed by atoms with Gasteiger partial charge in [-0.15, -0.1) is 17.0 Å². The van der Waals surface area contributed by atoms with Gasteiger partial charge in [-0.3, -0.25) is 0 Å². The van der Waals surface area contributed by atoms with Gasteiger partial charge in [0.25, 0.3) is 0 Å². The maximum atomic E-state index is 6.36. The Morgan fingerprint density at radius 2 is 1.16 bits per heavy atom. The molecule has 0 aromatic carbocycles. The molecule has 0 rings (SSSR count). The highest BCUT2D eigenvalue weighted by molar-refractivity contribution is 8.93. The molecule has 118 valence electrons. The molecule has 0 spiro atoms. The molecule has 0 saturated carbocycles. The molecule has 0 amide bonds. The van der Waals surface area contributed by atoms with E-state index in [1.54, 1.807) is 0 Å². The highest BCUT2D eigenvalue weighted by atomic mass is 79.9. The van der Waals surface area contributed by atoms with Crippen LogP contribution in [-0.4, -0.2) is 12.1 Å². The van der Waals surface area contributed by atoms with E-state index in [-0.39, 0.29) is 33.4 Å². The lowest BCUT2D eigenvalue weighted by molar-refractivity contribution is 0.0258. The van der Waals surface area contributed by atoms with Crippen molar-refractivity contribution in [1.82, 2.24) is 0 Å². The molecule has 0 unspecified atom stereocenters. The summed E-state index contributed by atoms with van der Waals surface area (Å²) >= 11 is 0. The first-order chi connectivity index (χ1) is 8.06. The van der Waals surface area contributed by atoms with Crippen LogP contribution in [0.2, 0.25) is 0 Å². The molecule has 0 bridgehead atoms. The third-order valence-corrected chi connectivity index (χ3v) is 5.31. The average Bonchev–Trinajstić information content (AvgIpc) is 2.21. The molecular formula is C16H37BrN2. The first-order valence-electron chi connectivity index (χ1n) is 7.55. The minimum atomic E-state index is -0.143. The van der Waals surface area contributed by atoms with E-state index in [1.165, 1.54) is 38.5 Å². The van der Waals surface area contributed by atoms with Crippen molar-refractivity contribution < 1.29 is 0 Å². The first-order valence-corrected chi connectivity index (χ1v) is 7.55. The molecule has 3 heteroatoms. The van der Waals surface area contributed by atoms with Crippen molar-refractivity contribution >= 4 is 17.0 Å². The van der Waals surface area contributed by atoms with E-state index in [0.717, 1.165) is 6.54 Å². The van der Waals surface area contributed by atoms with Crippen LogP contribution in [0.25, 0.3) is 0 Å². The molecule has 0 heterocycles. The van der Waals surface area contributed by atoms with Crippen LogP contribution in [0.5, 0.6) is 0 Å². The third kappa shape index (κ3) is 6.59. The summed E-state index contributed by atoms with van der Waals surface area (Å²) in [4.78, 5) is 0. The van der Waals surface area contributed by atoms with Crippen molar-refractivity contribution in [3.8, 4) is 0 Å². The lowest BCUT2D eigenvalue weighted by atomic mass is 9.57. The molecule has 0 aliphatic heterocycles. The van der Waals surface area contributed by atoms with E-state index in [1.807, 2.05) is 0 Å². The van der Waals surface area contributed by atoms with Gasteiger partial charge >= 0.3 is 0 Å². The summed E-state index contributed by atoms with van der Waals surface area (Å²) < 4.78 is 0. The second-order valence-corrected chi connectivity index (χ2v) is 7.54. The largest absolute Gasteiger partial charge is 0.330 e. The molecule has 0 aromatic heterocycles. The van der Waals surface area contributed by atoms with Gasteiger partial charge in [-0.25, -0.2) is 0 Å². The number of halogens is 1. The van der Waals surface area contributed by atoms with Crippen molar-refractivity contribution in [3.05, 3.63) is 0 Å². The number of nitrogens with two attached hydrogens (primary N) is 2. The van der Waals surface area contributed by atoms with Gasteiger partial charge in [0, 0.05) is 5.54 Å². The predicted octanol–water partition coefficient (Wildman–Crippen LogP) is 4.65. The minimum Gasteiger partial charge on any atom is -0.330 e. The number of hydrogen-bond donors (Lipinski definition) is 2. The van der Waals surface area contributed by atoms with Gasteiger partial charge in [-0.2, -0.15) is 0 Å². The number of unbranched alkanes of at least 4 members (excludes halogenated alkanes) is 4. The van der Waals surface area contributed by atoms with Crippen molar-refractivity contribution in [3.63, 3.8) is 0 Å². The topological polar surface area (TPSA) is 52.0 Å². The Kier molecular flexibility index (Phi) is 9.86. The Labute approximate surface area is 131 Å². The smallest absolute Gasteiger partial charge is 0.0154 e. The monoisotopic (exact) mass is 336 g/mol. The summed E-state index contributed by atoms with van der Waals surface area (Å²) in [6, 6.07) is 0. The molecule has 2 nitrogen and oxygen atoms in total. The molecule has 19 heavy (non-hydrogen) atoms. The summed E-state index contributed by atoms with van der Waals surface area (Å²) in [6.07, 6.45) is 7.65. The summed E-state index contributed by atoms with van der Waals surface area (Å²) in [5.74, 6) is 0. The summed E-state index contributed by atoms with van der Waals surface area (Å²) in [6.45, 7) is 14.5. The van der Waals surface area contributed by atoms with Crippen LogP contribution in [0, 0.1) is 10.8 Å². The van der Waals surface area contributed by atoms with Gasteiger partial charge in [-0.1, -0.05) is 53.4 Å². The standard InChI is InChI=1S/C16H36N2.BrH/c1-14(2,15(3,4)16(5,6)18)12-10-8-7-9-11-13-17;/h7-13,17-18H2,1-6H3;1H. The third-order valence-electron chi connectivity index (χ3n) is 5.31. The van der Waals surface area contributed by atoms with Crippen LogP contribution in [0.3, 0.4) is 0 Å². The SMILES string of the molecule is Br.CC(C)(N)C(C)(C)C(C)(C)CCCCCCCN. The van der Waals surface area contributed by atoms with Crippen molar-refractivity contribution in [2.75, 3.05) is 6.54 Å². The molecule has 4 N–H and O–H groups in total. The summed E-state index contributed by atoms with van der Waals surface area (Å²) in [7, 11) is 0. The van der Waals surface area contributed by atoms with Gasteiger partial charge in [-0.05, 0) is 44.1 Å². The van der Waals surface area contributed by atoms with Crippen LogP contribution in [0.15, 0.2) is 0 Å². The Morgan fingerprint density at radius 1 is 0.737 bits per heavy atom. The highest BCUT2D eigenvalue weighted by Gasteiger charge is 2.45. The lowest BCUT2D eigenvalue weighted by Gasteiger charge is -2.50.